The first kappa shape index (κ1) is 13.4. The molecule has 1 aromatic carbocycles. The Labute approximate surface area is 112 Å². The Morgan fingerprint density at radius 3 is 2.89 bits per heavy atom. The lowest BCUT2D eigenvalue weighted by Gasteiger charge is -2.37. The van der Waals surface area contributed by atoms with Gasteiger partial charge in [0, 0.05) is 23.7 Å². The van der Waals surface area contributed by atoms with Gasteiger partial charge < -0.3 is 10.0 Å². The number of β-amino-alcohol motifs (C(OH)–C–C–N with tert-alkyl or cyclic N) is 1. The number of carbonyl (C=O) groups is 1. The third-order valence-electron chi connectivity index (χ3n) is 3.39. The molecule has 98 valence electrons. The monoisotopic (exact) mass is 267 g/mol. The Morgan fingerprint density at radius 2 is 2.22 bits per heavy atom. The number of aliphatic hydroxyl groups is 1. The maximum atomic E-state index is 12.4. The average Bonchev–Trinajstić information content (AvgIpc) is 2.30. The summed E-state index contributed by atoms with van der Waals surface area (Å²) in [4.78, 5) is 14.1. The summed E-state index contributed by atoms with van der Waals surface area (Å²) in [6, 6.07) is 5.32. The van der Waals surface area contributed by atoms with Crippen molar-refractivity contribution in [3.8, 4) is 0 Å². The Hall–Kier alpha value is -1.06. The fraction of sp³-hybridized carbons (Fsp3) is 0.500. The molecule has 1 fully saturated rings. The highest BCUT2D eigenvalue weighted by atomic mass is 35.5. The normalized spacial score (nSPS) is 24.1. The quantitative estimate of drug-likeness (QED) is 0.850. The molecule has 1 saturated heterocycles. The van der Waals surface area contributed by atoms with Crippen LogP contribution < -0.4 is 0 Å². The van der Waals surface area contributed by atoms with Crippen molar-refractivity contribution in [3.05, 3.63) is 34.3 Å². The van der Waals surface area contributed by atoms with Crippen LogP contribution in [0, 0.1) is 6.92 Å². The van der Waals surface area contributed by atoms with E-state index in [0.717, 1.165) is 18.4 Å². The van der Waals surface area contributed by atoms with E-state index in [1.807, 2.05) is 13.0 Å². The standard InChI is InChI=1S/C14H18ClNO2/c1-10-4-5-11(15)8-12(10)13(17)16-7-3-6-14(2,18)9-16/h4-5,8,18H,3,6-7,9H2,1-2H3. The van der Waals surface area contributed by atoms with Crippen LogP contribution in [0.15, 0.2) is 18.2 Å². The zero-order valence-electron chi connectivity index (χ0n) is 10.7. The molecule has 2 rings (SSSR count). The van der Waals surface area contributed by atoms with Gasteiger partial charge >= 0.3 is 0 Å². The van der Waals surface area contributed by atoms with Gasteiger partial charge in [0.15, 0.2) is 0 Å². The molecule has 0 spiro atoms. The molecule has 18 heavy (non-hydrogen) atoms. The molecular formula is C14H18ClNO2. The number of hydrogen-bond donors (Lipinski definition) is 1. The van der Waals surface area contributed by atoms with E-state index in [9.17, 15) is 9.90 Å². The van der Waals surface area contributed by atoms with Gasteiger partial charge in [-0.25, -0.2) is 0 Å². The highest BCUT2D eigenvalue weighted by Crippen LogP contribution is 2.24. The van der Waals surface area contributed by atoms with Gasteiger partial charge in [-0.1, -0.05) is 17.7 Å². The third kappa shape index (κ3) is 2.85. The molecule has 1 amide bonds. The molecule has 0 bridgehead atoms. The first-order valence-corrected chi connectivity index (χ1v) is 6.55. The van der Waals surface area contributed by atoms with Crippen LogP contribution in [0.5, 0.6) is 0 Å². The minimum atomic E-state index is -0.777. The summed E-state index contributed by atoms with van der Waals surface area (Å²) in [5.74, 6) is -0.0463. The Morgan fingerprint density at radius 1 is 1.50 bits per heavy atom. The van der Waals surface area contributed by atoms with Crippen LogP contribution in [0.4, 0.5) is 0 Å². The molecule has 0 radical (unpaired) electrons. The lowest BCUT2D eigenvalue weighted by Crippen LogP contribution is -2.48. The Bertz CT molecular complexity index is 471. The third-order valence-corrected chi connectivity index (χ3v) is 3.63. The van der Waals surface area contributed by atoms with E-state index in [1.165, 1.54) is 0 Å². The second-order valence-electron chi connectivity index (χ2n) is 5.29. The second-order valence-corrected chi connectivity index (χ2v) is 5.72. The number of likely N-dealkylation sites (tertiary alicyclic amines) is 1. The van der Waals surface area contributed by atoms with E-state index in [2.05, 4.69) is 0 Å². The van der Waals surface area contributed by atoms with Crippen molar-refractivity contribution in [3.63, 3.8) is 0 Å². The molecule has 0 aliphatic carbocycles. The summed E-state index contributed by atoms with van der Waals surface area (Å²) < 4.78 is 0. The van der Waals surface area contributed by atoms with Gasteiger partial charge in [0.2, 0.25) is 0 Å². The van der Waals surface area contributed by atoms with Crippen LogP contribution in [-0.2, 0) is 0 Å². The lowest BCUT2D eigenvalue weighted by molar-refractivity contribution is -0.0107. The van der Waals surface area contributed by atoms with Crippen LogP contribution in [-0.4, -0.2) is 34.6 Å². The lowest BCUT2D eigenvalue weighted by atomic mass is 9.94. The maximum Gasteiger partial charge on any atom is 0.254 e. The number of halogens is 1. The summed E-state index contributed by atoms with van der Waals surface area (Å²) in [5, 5.41) is 10.6. The summed E-state index contributed by atoms with van der Waals surface area (Å²) >= 11 is 5.94. The number of hydrogen-bond acceptors (Lipinski definition) is 2. The van der Waals surface area contributed by atoms with Gasteiger partial charge in [0.25, 0.3) is 5.91 Å². The van der Waals surface area contributed by atoms with Crippen molar-refractivity contribution >= 4 is 17.5 Å². The molecule has 0 saturated carbocycles. The number of nitrogens with zero attached hydrogens (tertiary/aromatic N) is 1. The molecule has 1 aromatic rings. The van der Waals surface area contributed by atoms with Crippen molar-refractivity contribution in [1.29, 1.82) is 0 Å². The Balaban J connectivity index is 2.23. The molecule has 1 N–H and O–H groups in total. The predicted octanol–water partition coefficient (Wildman–Crippen LogP) is 2.64. The number of piperidine rings is 1. The predicted molar refractivity (Wildman–Crippen MR) is 72.0 cm³/mol. The van der Waals surface area contributed by atoms with Crippen LogP contribution >= 0.6 is 11.6 Å². The van der Waals surface area contributed by atoms with Crippen molar-refractivity contribution < 1.29 is 9.90 Å². The van der Waals surface area contributed by atoms with Gasteiger partial charge in [-0.15, -0.1) is 0 Å². The first-order chi connectivity index (χ1) is 8.39. The van der Waals surface area contributed by atoms with Crippen LogP contribution in [0.2, 0.25) is 5.02 Å². The van der Waals surface area contributed by atoms with E-state index in [-0.39, 0.29) is 5.91 Å². The average molecular weight is 268 g/mol. The highest BCUT2D eigenvalue weighted by molar-refractivity contribution is 6.31. The Kier molecular flexibility index (Phi) is 3.64. The minimum Gasteiger partial charge on any atom is -0.388 e. The molecule has 4 heteroatoms. The minimum absolute atomic E-state index is 0.0463. The van der Waals surface area contributed by atoms with Gasteiger partial charge in [0.05, 0.1) is 5.60 Å². The van der Waals surface area contributed by atoms with Crippen molar-refractivity contribution in [1.82, 2.24) is 4.90 Å². The second kappa shape index (κ2) is 4.90. The number of carbonyl (C=O) groups excluding carboxylic acids is 1. The molecule has 1 atom stereocenters. The van der Waals surface area contributed by atoms with Gasteiger partial charge in [0.1, 0.15) is 0 Å². The van der Waals surface area contributed by atoms with Gasteiger partial charge in [-0.3, -0.25) is 4.79 Å². The summed E-state index contributed by atoms with van der Waals surface area (Å²) in [6.07, 6.45) is 1.57. The van der Waals surface area contributed by atoms with Crippen molar-refractivity contribution in [2.75, 3.05) is 13.1 Å². The maximum absolute atomic E-state index is 12.4. The number of rotatable bonds is 1. The van der Waals surface area contributed by atoms with E-state index < -0.39 is 5.60 Å². The molecule has 1 aliphatic heterocycles. The number of benzene rings is 1. The van der Waals surface area contributed by atoms with Crippen molar-refractivity contribution in [2.24, 2.45) is 0 Å². The first-order valence-electron chi connectivity index (χ1n) is 6.17. The van der Waals surface area contributed by atoms with Crippen LogP contribution in [0.1, 0.15) is 35.7 Å². The van der Waals surface area contributed by atoms with Crippen molar-refractivity contribution in [2.45, 2.75) is 32.3 Å². The number of amides is 1. The van der Waals surface area contributed by atoms with Crippen LogP contribution in [0.25, 0.3) is 0 Å². The van der Waals surface area contributed by atoms with E-state index in [1.54, 1.807) is 24.0 Å². The highest BCUT2D eigenvalue weighted by Gasteiger charge is 2.31. The summed E-state index contributed by atoms with van der Waals surface area (Å²) in [5.41, 5.74) is 0.759. The smallest absolute Gasteiger partial charge is 0.254 e. The summed E-state index contributed by atoms with van der Waals surface area (Å²) in [7, 11) is 0. The number of aryl methyl sites for hydroxylation is 1. The summed E-state index contributed by atoms with van der Waals surface area (Å²) in [6.45, 7) is 4.75. The van der Waals surface area contributed by atoms with Gasteiger partial charge in [-0.05, 0) is 44.4 Å². The van der Waals surface area contributed by atoms with E-state index >= 15 is 0 Å². The zero-order valence-corrected chi connectivity index (χ0v) is 11.5. The molecule has 1 unspecified atom stereocenters. The van der Waals surface area contributed by atoms with E-state index in [4.69, 9.17) is 11.6 Å². The fourth-order valence-electron chi connectivity index (χ4n) is 2.39. The topological polar surface area (TPSA) is 40.5 Å². The molecule has 0 aromatic heterocycles. The van der Waals surface area contributed by atoms with Gasteiger partial charge in [-0.2, -0.15) is 0 Å². The molecule has 3 nitrogen and oxygen atoms in total. The molecule has 1 heterocycles. The molecular weight excluding hydrogens is 250 g/mol. The molecule has 1 aliphatic rings. The largest absolute Gasteiger partial charge is 0.388 e. The van der Waals surface area contributed by atoms with E-state index in [0.29, 0.717) is 23.7 Å². The fourth-order valence-corrected chi connectivity index (χ4v) is 2.56. The van der Waals surface area contributed by atoms with Crippen LogP contribution in [0.3, 0.4) is 0 Å². The zero-order chi connectivity index (χ0) is 13.3. The SMILES string of the molecule is Cc1ccc(Cl)cc1C(=O)N1CCCC(C)(O)C1.